The monoisotopic (exact) mass is 652 g/mol. The van der Waals surface area contributed by atoms with E-state index in [1.165, 1.54) is 16.7 Å². The third kappa shape index (κ3) is 7.94. The van der Waals surface area contributed by atoms with Gasteiger partial charge in [-0.15, -0.1) is 0 Å². The summed E-state index contributed by atoms with van der Waals surface area (Å²) in [5.74, 6) is -1.47. The van der Waals surface area contributed by atoms with Gasteiger partial charge in [0.15, 0.2) is 0 Å². The van der Waals surface area contributed by atoms with Crippen molar-refractivity contribution in [3.63, 3.8) is 0 Å². The van der Waals surface area contributed by atoms with Crippen molar-refractivity contribution in [2.75, 3.05) is 44.2 Å². The Bertz CT molecular complexity index is 1440. The summed E-state index contributed by atoms with van der Waals surface area (Å²) in [6.07, 6.45) is -2.42. The molecule has 0 unspecified atom stereocenters. The highest BCUT2D eigenvalue weighted by Gasteiger charge is 2.43. The Labute approximate surface area is 271 Å². The lowest BCUT2D eigenvalue weighted by Gasteiger charge is -2.49. The molecule has 1 N–H and O–H groups in total. The van der Waals surface area contributed by atoms with Gasteiger partial charge < -0.3 is 15.0 Å². The van der Waals surface area contributed by atoms with E-state index in [9.17, 15) is 18.0 Å². The van der Waals surface area contributed by atoms with E-state index < -0.39 is 17.6 Å². The van der Waals surface area contributed by atoms with Crippen LogP contribution in [0.2, 0.25) is 5.28 Å². The van der Waals surface area contributed by atoms with E-state index in [1.54, 1.807) is 0 Å². The fourth-order valence-corrected chi connectivity index (χ4v) is 6.05. The number of piperazine rings is 1. The molecule has 1 aliphatic rings. The number of alkyl halides is 3. The summed E-state index contributed by atoms with van der Waals surface area (Å²) >= 11 is 6.27. The van der Waals surface area contributed by atoms with Gasteiger partial charge in [0.25, 0.3) is 0 Å². The van der Waals surface area contributed by atoms with Crippen LogP contribution in [-0.4, -0.2) is 71.3 Å². The average molecular weight is 653 g/mol. The van der Waals surface area contributed by atoms with Crippen LogP contribution in [0.4, 0.5) is 19.1 Å². The number of carbonyl (C=O) groups excluding carboxylic acids is 1. The van der Waals surface area contributed by atoms with Crippen LogP contribution in [0.25, 0.3) is 0 Å². The van der Waals surface area contributed by atoms with Crippen LogP contribution >= 0.6 is 11.6 Å². The quantitative estimate of drug-likeness (QED) is 0.135. The Morgan fingerprint density at radius 2 is 1.26 bits per heavy atom. The number of hydrogen-bond acceptors (Lipinski definition) is 7. The molecule has 2 heterocycles. The van der Waals surface area contributed by atoms with Gasteiger partial charge in [0.2, 0.25) is 11.2 Å². The van der Waals surface area contributed by atoms with Gasteiger partial charge in [-0.05, 0) is 47.6 Å². The molecule has 1 aromatic heterocycles. The first-order valence-corrected chi connectivity index (χ1v) is 15.7. The van der Waals surface area contributed by atoms with Crippen molar-refractivity contribution in [3.8, 4) is 6.01 Å². The number of anilines is 1. The van der Waals surface area contributed by atoms with Crippen molar-refractivity contribution in [1.82, 2.24) is 25.2 Å². The van der Waals surface area contributed by atoms with E-state index in [4.69, 9.17) is 16.3 Å². The second kappa shape index (κ2) is 15.4. The zero-order chi connectivity index (χ0) is 32.4. The summed E-state index contributed by atoms with van der Waals surface area (Å²) in [6.45, 7) is 3.04. The number of unbranched alkanes of at least 4 members (excludes halogenated alkanes) is 3. The van der Waals surface area contributed by atoms with Gasteiger partial charge in [-0.1, -0.05) is 97.4 Å². The first-order valence-electron chi connectivity index (χ1n) is 15.3. The highest BCUT2D eigenvalue weighted by Crippen LogP contribution is 2.43. The molecule has 4 aromatic rings. The summed E-state index contributed by atoms with van der Waals surface area (Å²) in [5, 5.41) is 1.91. The second-order valence-electron chi connectivity index (χ2n) is 11.0. The summed E-state index contributed by atoms with van der Waals surface area (Å²) in [4.78, 5) is 28.5. The molecule has 0 spiro atoms. The van der Waals surface area contributed by atoms with Gasteiger partial charge in [0.05, 0.1) is 12.1 Å². The van der Waals surface area contributed by atoms with E-state index in [1.807, 2.05) is 23.5 Å². The first kappa shape index (κ1) is 33.2. The second-order valence-corrected chi connectivity index (χ2v) is 11.3. The maximum atomic E-state index is 12.3. The van der Waals surface area contributed by atoms with Crippen LogP contribution < -0.4 is 15.0 Å². The number of nitrogens with one attached hydrogen (secondary N) is 1. The number of hydrogen-bond donors (Lipinski definition) is 1. The molecule has 0 bridgehead atoms. The van der Waals surface area contributed by atoms with E-state index >= 15 is 0 Å². The number of halogens is 4. The minimum absolute atomic E-state index is 0.0257. The molecule has 3 aromatic carbocycles. The van der Waals surface area contributed by atoms with Crippen LogP contribution in [0.15, 0.2) is 91.0 Å². The zero-order valence-corrected chi connectivity index (χ0v) is 26.1. The van der Waals surface area contributed by atoms with Gasteiger partial charge in [0.1, 0.15) is 0 Å². The van der Waals surface area contributed by atoms with Crippen LogP contribution in [0, 0.1) is 0 Å². The van der Waals surface area contributed by atoms with Crippen molar-refractivity contribution in [2.45, 2.75) is 37.4 Å². The first-order chi connectivity index (χ1) is 22.3. The third-order valence-corrected chi connectivity index (χ3v) is 8.20. The molecule has 0 radical (unpaired) electrons. The molecule has 0 saturated carbocycles. The molecule has 242 valence electrons. The third-order valence-electron chi connectivity index (χ3n) is 8.03. The lowest BCUT2D eigenvalue weighted by Crippen LogP contribution is -2.57. The molecule has 1 fully saturated rings. The molecule has 1 amide bonds. The maximum absolute atomic E-state index is 12.3. The predicted molar refractivity (Wildman–Crippen MR) is 171 cm³/mol. The number of ether oxygens (including phenoxy) is 1. The standard InChI is InChI=1S/C34H36ClF3N6O2/c35-30-40-31(42-32(41-30)46-25-13-2-1-12-20-39-29(45)34(36,37)38)43-21-23-44(24-22-43)33(26-14-6-3-7-15-26,27-16-8-4-9-17-27)28-18-10-5-11-19-28/h3-11,14-19H,1-2,12-13,20-25H2,(H,39,45). The lowest BCUT2D eigenvalue weighted by atomic mass is 9.75. The number of rotatable bonds is 13. The Hall–Kier alpha value is -4.22. The summed E-state index contributed by atoms with van der Waals surface area (Å²) in [7, 11) is 0. The fraction of sp³-hybridized carbons (Fsp3) is 0.353. The van der Waals surface area contributed by atoms with E-state index in [0.717, 1.165) is 13.1 Å². The van der Waals surface area contributed by atoms with Crippen molar-refractivity contribution in [3.05, 3.63) is 113 Å². The molecule has 46 heavy (non-hydrogen) atoms. The lowest BCUT2D eigenvalue weighted by molar-refractivity contribution is -0.173. The molecular formula is C34H36ClF3N6O2. The summed E-state index contributed by atoms with van der Waals surface area (Å²) in [5.41, 5.74) is 3.05. The predicted octanol–water partition coefficient (Wildman–Crippen LogP) is 6.26. The molecule has 1 aliphatic heterocycles. The van der Waals surface area contributed by atoms with Crippen LogP contribution in [0.1, 0.15) is 42.4 Å². The van der Waals surface area contributed by atoms with Gasteiger partial charge in [-0.2, -0.15) is 28.1 Å². The summed E-state index contributed by atoms with van der Waals surface area (Å²) < 4.78 is 42.5. The van der Waals surface area contributed by atoms with Crippen molar-refractivity contribution >= 4 is 23.5 Å². The smallest absolute Gasteiger partial charge is 0.463 e. The number of aromatic nitrogens is 3. The SMILES string of the molecule is O=C(NCCCCCCOc1nc(Cl)nc(N2CCN(C(c3ccccc3)(c3ccccc3)c3ccccc3)CC2)n1)C(F)(F)F. The molecule has 5 rings (SSSR count). The van der Waals surface area contributed by atoms with E-state index in [2.05, 4.69) is 97.5 Å². The Kier molecular flexibility index (Phi) is 11.1. The number of amides is 1. The van der Waals surface area contributed by atoms with Crippen molar-refractivity contribution in [2.24, 2.45) is 0 Å². The number of carbonyl (C=O) groups is 1. The number of nitrogens with zero attached hydrogens (tertiary/aromatic N) is 5. The van der Waals surface area contributed by atoms with E-state index in [0.29, 0.717) is 51.3 Å². The minimum atomic E-state index is -4.86. The molecular weight excluding hydrogens is 617 g/mol. The number of benzene rings is 3. The minimum Gasteiger partial charge on any atom is -0.463 e. The Morgan fingerprint density at radius 3 is 1.78 bits per heavy atom. The van der Waals surface area contributed by atoms with Gasteiger partial charge in [-0.25, -0.2) is 0 Å². The zero-order valence-electron chi connectivity index (χ0n) is 25.3. The topological polar surface area (TPSA) is 83.5 Å². The van der Waals surface area contributed by atoms with Crippen LogP contribution in [0.3, 0.4) is 0 Å². The molecule has 1 saturated heterocycles. The van der Waals surface area contributed by atoms with Gasteiger partial charge in [-0.3, -0.25) is 9.69 Å². The average Bonchev–Trinajstić information content (AvgIpc) is 3.07. The maximum Gasteiger partial charge on any atom is 0.471 e. The van der Waals surface area contributed by atoms with Crippen LogP contribution in [-0.2, 0) is 10.3 Å². The molecule has 8 nitrogen and oxygen atoms in total. The van der Waals surface area contributed by atoms with Crippen LogP contribution in [0.5, 0.6) is 6.01 Å². The van der Waals surface area contributed by atoms with E-state index in [-0.39, 0.29) is 17.8 Å². The normalized spacial score (nSPS) is 14.2. The molecule has 12 heteroatoms. The Morgan fingerprint density at radius 1 is 0.739 bits per heavy atom. The molecule has 0 atom stereocenters. The largest absolute Gasteiger partial charge is 0.471 e. The van der Waals surface area contributed by atoms with Gasteiger partial charge in [0, 0.05) is 32.7 Å². The van der Waals surface area contributed by atoms with Crippen molar-refractivity contribution < 1.29 is 22.7 Å². The Balaban J connectivity index is 1.23. The highest BCUT2D eigenvalue weighted by atomic mass is 35.5. The van der Waals surface area contributed by atoms with Crippen molar-refractivity contribution in [1.29, 1.82) is 0 Å². The summed E-state index contributed by atoms with van der Waals surface area (Å²) in [6, 6.07) is 31.9. The highest BCUT2D eigenvalue weighted by molar-refractivity contribution is 6.28. The molecule has 0 aliphatic carbocycles. The van der Waals surface area contributed by atoms with Gasteiger partial charge >= 0.3 is 18.1 Å². The fourth-order valence-electron chi connectivity index (χ4n) is 5.90.